The average Bonchev–Trinajstić information content (AvgIpc) is 2.32. The van der Waals surface area contributed by atoms with Gasteiger partial charge in [0.1, 0.15) is 11.6 Å². The Labute approximate surface area is 126 Å². The van der Waals surface area contributed by atoms with Gasteiger partial charge < -0.3 is 15.8 Å². The van der Waals surface area contributed by atoms with Crippen molar-refractivity contribution in [1.29, 1.82) is 0 Å². The molecule has 0 fully saturated rings. The number of carbonyl (C=O) groups is 1. The first-order chi connectivity index (χ1) is 8.54. The van der Waals surface area contributed by atoms with Crippen LogP contribution >= 0.6 is 28.3 Å². The highest BCUT2D eigenvalue weighted by atomic mass is 79.9. The molecule has 0 aliphatic heterocycles. The van der Waals surface area contributed by atoms with E-state index in [0.717, 1.165) is 6.42 Å². The average molecular weight is 356 g/mol. The summed E-state index contributed by atoms with van der Waals surface area (Å²) in [5.41, 5.74) is 5.32. The molecule has 4 nitrogen and oxygen atoms in total. The fourth-order valence-electron chi connectivity index (χ4n) is 1.27. The Bertz CT molecular complexity index is 421. The number of benzene rings is 1. The number of rotatable bonds is 6. The van der Waals surface area contributed by atoms with E-state index in [1.807, 2.05) is 0 Å². The van der Waals surface area contributed by atoms with Gasteiger partial charge in [-0.15, -0.1) is 12.4 Å². The topological polar surface area (TPSA) is 64.3 Å². The lowest BCUT2D eigenvalue weighted by Crippen LogP contribution is -2.37. The van der Waals surface area contributed by atoms with Gasteiger partial charge in [0, 0.05) is 6.54 Å². The maximum absolute atomic E-state index is 12.9. The fourth-order valence-corrected chi connectivity index (χ4v) is 1.72. The van der Waals surface area contributed by atoms with Crippen LogP contribution in [-0.2, 0) is 4.79 Å². The third-order valence-electron chi connectivity index (χ3n) is 2.25. The van der Waals surface area contributed by atoms with Gasteiger partial charge >= 0.3 is 0 Å². The summed E-state index contributed by atoms with van der Waals surface area (Å²) in [5, 5.41) is 2.70. The van der Waals surface area contributed by atoms with Crippen molar-refractivity contribution in [1.82, 2.24) is 5.32 Å². The molecule has 19 heavy (non-hydrogen) atoms. The van der Waals surface area contributed by atoms with Gasteiger partial charge in [-0.3, -0.25) is 4.79 Å². The van der Waals surface area contributed by atoms with Crippen LogP contribution in [0.2, 0.25) is 0 Å². The highest BCUT2D eigenvalue weighted by molar-refractivity contribution is 9.10. The van der Waals surface area contributed by atoms with Crippen molar-refractivity contribution in [2.24, 2.45) is 5.73 Å². The van der Waals surface area contributed by atoms with Gasteiger partial charge in [-0.05, 0) is 54.0 Å². The molecular weight excluding hydrogens is 338 g/mol. The molecule has 0 spiro atoms. The van der Waals surface area contributed by atoms with Crippen LogP contribution in [0.25, 0.3) is 0 Å². The minimum Gasteiger partial charge on any atom is -0.480 e. The Balaban J connectivity index is 0.00000324. The van der Waals surface area contributed by atoms with Crippen LogP contribution in [0.5, 0.6) is 5.75 Å². The quantitative estimate of drug-likeness (QED) is 0.769. The number of halogens is 3. The molecule has 1 amide bonds. The number of carbonyl (C=O) groups excluding carboxylic acids is 1. The predicted octanol–water partition coefficient (Wildman–Crippen LogP) is 2.24. The van der Waals surface area contributed by atoms with Crippen molar-refractivity contribution in [3.63, 3.8) is 0 Å². The molecule has 0 aliphatic rings. The minimum absolute atomic E-state index is 0. The van der Waals surface area contributed by atoms with Crippen molar-refractivity contribution >= 4 is 34.2 Å². The van der Waals surface area contributed by atoms with E-state index in [1.54, 1.807) is 6.92 Å². The fraction of sp³-hybridized carbons (Fsp3) is 0.417. The number of nitrogens with one attached hydrogen (secondary N) is 1. The van der Waals surface area contributed by atoms with E-state index in [4.69, 9.17) is 10.5 Å². The largest absolute Gasteiger partial charge is 0.480 e. The highest BCUT2D eigenvalue weighted by Gasteiger charge is 2.15. The lowest BCUT2D eigenvalue weighted by molar-refractivity contribution is -0.127. The highest BCUT2D eigenvalue weighted by Crippen LogP contribution is 2.26. The summed E-state index contributed by atoms with van der Waals surface area (Å²) in [6, 6.07) is 4.04. The van der Waals surface area contributed by atoms with Crippen LogP contribution in [0.3, 0.4) is 0 Å². The number of hydrogen-bond donors (Lipinski definition) is 2. The third kappa shape index (κ3) is 6.22. The summed E-state index contributed by atoms with van der Waals surface area (Å²) in [6.45, 7) is 2.68. The molecule has 0 saturated heterocycles. The Kier molecular flexibility index (Phi) is 8.71. The maximum Gasteiger partial charge on any atom is 0.260 e. The molecule has 0 bridgehead atoms. The van der Waals surface area contributed by atoms with E-state index in [0.29, 0.717) is 23.3 Å². The number of ether oxygens (including phenoxy) is 1. The zero-order valence-corrected chi connectivity index (χ0v) is 12.9. The first-order valence-electron chi connectivity index (χ1n) is 5.64. The summed E-state index contributed by atoms with van der Waals surface area (Å²) in [5.74, 6) is -0.160. The van der Waals surface area contributed by atoms with Crippen LogP contribution < -0.4 is 15.8 Å². The first-order valence-corrected chi connectivity index (χ1v) is 6.43. The standard InChI is InChI=1S/C12H16BrFN2O2.ClH/c1-8(12(17)16-6-2-5-15)18-11-4-3-9(14)7-10(11)13;/h3-4,7-8H,2,5-6,15H2,1H3,(H,16,17);1H. The summed E-state index contributed by atoms with van der Waals surface area (Å²) in [4.78, 5) is 11.6. The maximum atomic E-state index is 12.9. The molecule has 1 rings (SSSR count). The van der Waals surface area contributed by atoms with Crippen molar-refractivity contribution in [3.8, 4) is 5.75 Å². The number of hydrogen-bond acceptors (Lipinski definition) is 3. The van der Waals surface area contributed by atoms with Gasteiger partial charge in [0.05, 0.1) is 4.47 Å². The number of amides is 1. The van der Waals surface area contributed by atoms with Crippen LogP contribution in [0.1, 0.15) is 13.3 Å². The minimum atomic E-state index is -0.649. The molecule has 0 saturated carbocycles. The van der Waals surface area contributed by atoms with E-state index in [9.17, 15) is 9.18 Å². The molecule has 1 unspecified atom stereocenters. The second kappa shape index (κ2) is 9.12. The van der Waals surface area contributed by atoms with Crippen LogP contribution in [0.4, 0.5) is 4.39 Å². The zero-order valence-electron chi connectivity index (χ0n) is 10.5. The van der Waals surface area contributed by atoms with E-state index in [2.05, 4.69) is 21.2 Å². The smallest absolute Gasteiger partial charge is 0.260 e. The van der Waals surface area contributed by atoms with Crippen molar-refractivity contribution in [3.05, 3.63) is 28.5 Å². The van der Waals surface area contributed by atoms with Gasteiger partial charge in [0.25, 0.3) is 5.91 Å². The van der Waals surface area contributed by atoms with E-state index in [1.165, 1.54) is 18.2 Å². The molecule has 0 aromatic heterocycles. The van der Waals surface area contributed by atoms with E-state index >= 15 is 0 Å². The molecule has 0 aliphatic carbocycles. The molecule has 108 valence electrons. The van der Waals surface area contributed by atoms with Gasteiger partial charge in [0.15, 0.2) is 6.10 Å². The lowest BCUT2D eigenvalue weighted by Gasteiger charge is -2.15. The molecule has 1 atom stereocenters. The van der Waals surface area contributed by atoms with Gasteiger partial charge in [-0.25, -0.2) is 4.39 Å². The molecule has 3 N–H and O–H groups in total. The Hall–Kier alpha value is -0.850. The Morgan fingerprint density at radius 2 is 2.26 bits per heavy atom. The van der Waals surface area contributed by atoms with Gasteiger partial charge in [0.2, 0.25) is 0 Å². The Morgan fingerprint density at radius 1 is 1.58 bits per heavy atom. The molecule has 1 aromatic rings. The monoisotopic (exact) mass is 354 g/mol. The van der Waals surface area contributed by atoms with Gasteiger partial charge in [-0.2, -0.15) is 0 Å². The SMILES string of the molecule is CC(Oc1ccc(F)cc1Br)C(=O)NCCCN.Cl. The molecule has 7 heteroatoms. The lowest BCUT2D eigenvalue weighted by atomic mass is 10.3. The van der Waals surface area contributed by atoms with Crippen LogP contribution in [0.15, 0.2) is 22.7 Å². The van der Waals surface area contributed by atoms with E-state index < -0.39 is 6.10 Å². The van der Waals surface area contributed by atoms with Crippen molar-refractivity contribution in [2.75, 3.05) is 13.1 Å². The summed E-state index contributed by atoms with van der Waals surface area (Å²) in [7, 11) is 0. The summed E-state index contributed by atoms with van der Waals surface area (Å²) < 4.78 is 18.8. The predicted molar refractivity (Wildman–Crippen MR) is 78.1 cm³/mol. The molecular formula is C12H17BrClFN2O2. The molecule has 0 heterocycles. The molecule has 0 radical (unpaired) electrons. The molecule has 1 aromatic carbocycles. The summed E-state index contributed by atoms with van der Waals surface area (Å²) in [6.07, 6.45) is 0.0724. The zero-order chi connectivity index (χ0) is 13.5. The van der Waals surface area contributed by atoms with Gasteiger partial charge in [-0.1, -0.05) is 0 Å². The van der Waals surface area contributed by atoms with Crippen molar-refractivity contribution < 1.29 is 13.9 Å². The second-order valence-electron chi connectivity index (χ2n) is 3.77. The summed E-state index contributed by atoms with van der Waals surface area (Å²) >= 11 is 3.18. The van der Waals surface area contributed by atoms with Crippen LogP contribution in [0, 0.1) is 5.82 Å². The van der Waals surface area contributed by atoms with Crippen LogP contribution in [-0.4, -0.2) is 25.1 Å². The van der Waals surface area contributed by atoms with Crippen molar-refractivity contribution in [2.45, 2.75) is 19.4 Å². The van der Waals surface area contributed by atoms with E-state index in [-0.39, 0.29) is 24.1 Å². The Morgan fingerprint density at radius 3 is 2.84 bits per heavy atom. The third-order valence-corrected chi connectivity index (χ3v) is 2.87. The second-order valence-corrected chi connectivity index (χ2v) is 4.62. The normalized spacial score (nSPS) is 11.4. The number of nitrogens with two attached hydrogens (primary N) is 1. The first kappa shape index (κ1) is 18.1.